The van der Waals surface area contributed by atoms with Crippen LogP contribution < -0.4 is 5.32 Å². The van der Waals surface area contributed by atoms with E-state index in [0.717, 1.165) is 12.1 Å². The summed E-state index contributed by atoms with van der Waals surface area (Å²) in [5.74, 6) is -1.60. The van der Waals surface area contributed by atoms with Crippen LogP contribution in [0.15, 0.2) is 18.2 Å². The number of ether oxygens (including phenoxy) is 1. The first-order valence-electron chi connectivity index (χ1n) is 6.02. The normalized spacial score (nSPS) is 11.7. The Bertz CT molecular complexity index is 472. The zero-order valence-corrected chi connectivity index (χ0v) is 11.1. The van der Waals surface area contributed by atoms with Gasteiger partial charge in [0.25, 0.3) is 0 Å². The molecule has 0 spiro atoms. The van der Waals surface area contributed by atoms with Crippen molar-refractivity contribution in [3.8, 4) is 0 Å². The Morgan fingerprint density at radius 3 is 2.55 bits per heavy atom. The SMILES string of the molecule is CC(C)OCCNc1ccc(C(=O)O)c(C(F)(F)F)c1. The summed E-state index contributed by atoms with van der Waals surface area (Å²) >= 11 is 0. The number of anilines is 1. The molecule has 0 atom stereocenters. The van der Waals surface area contributed by atoms with Gasteiger partial charge in [0.2, 0.25) is 0 Å². The lowest BCUT2D eigenvalue weighted by Gasteiger charge is -2.14. The number of alkyl halides is 3. The highest BCUT2D eigenvalue weighted by molar-refractivity contribution is 5.90. The van der Waals surface area contributed by atoms with Gasteiger partial charge in [-0.05, 0) is 32.0 Å². The smallest absolute Gasteiger partial charge is 0.417 e. The molecule has 0 saturated carbocycles. The van der Waals surface area contributed by atoms with Gasteiger partial charge in [-0.25, -0.2) is 4.79 Å². The van der Waals surface area contributed by atoms with Gasteiger partial charge < -0.3 is 15.2 Å². The molecular formula is C13H16F3NO3. The first kappa shape index (κ1) is 16.3. The third-order valence-corrected chi connectivity index (χ3v) is 2.44. The van der Waals surface area contributed by atoms with E-state index in [4.69, 9.17) is 9.84 Å². The van der Waals surface area contributed by atoms with Crippen molar-refractivity contribution in [3.05, 3.63) is 29.3 Å². The summed E-state index contributed by atoms with van der Waals surface area (Å²) in [5.41, 5.74) is -1.73. The predicted molar refractivity (Wildman–Crippen MR) is 68.0 cm³/mol. The topological polar surface area (TPSA) is 58.6 Å². The lowest BCUT2D eigenvalue weighted by molar-refractivity contribution is -0.138. The van der Waals surface area contributed by atoms with E-state index in [1.165, 1.54) is 6.07 Å². The van der Waals surface area contributed by atoms with E-state index in [0.29, 0.717) is 13.2 Å². The molecule has 20 heavy (non-hydrogen) atoms. The second-order valence-electron chi connectivity index (χ2n) is 4.41. The first-order valence-corrected chi connectivity index (χ1v) is 6.02. The number of nitrogens with one attached hydrogen (secondary N) is 1. The van der Waals surface area contributed by atoms with Gasteiger partial charge in [0.05, 0.1) is 23.8 Å². The van der Waals surface area contributed by atoms with Crippen LogP contribution in [0.1, 0.15) is 29.8 Å². The number of carbonyl (C=O) groups is 1. The van der Waals surface area contributed by atoms with Crippen LogP contribution in [0, 0.1) is 0 Å². The molecule has 0 aliphatic heterocycles. The maximum atomic E-state index is 12.8. The van der Waals surface area contributed by atoms with Gasteiger partial charge >= 0.3 is 12.1 Å². The molecule has 7 heteroatoms. The summed E-state index contributed by atoms with van der Waals surface area (Å²) in [5, 5.41) is 11.5. The number of benzene rings is 1. The zero-order chi connectivity index (χ0) is 15.3. The molecular weight excluding hydrogens is 275 g/mol. The standard InChI is InChI=1S/C13H16F3NO3/c1-8(2)20-6-5-17-9-3-4-10(12(18)19)11(7-9)13(14,15)16/h3-4,7-8,17H,5-6H2,1-2H3,(H,18,19). The molecule has 0 amide bonds. The summed E-state index contributed by atoms with van der Waals surface area (Å²) in [4.78, 5) is 10.8. The number of aromatic carboxylic acids is 1. The van der Waals surface area contributed by atoms with Gasteiger partial charge in [-0.2, -0.15) is 13.2 Å². The Morgan fingerprint density at radius 1 is 1.40 bits per heavy atom. The third kappa shape index (κ3) is 4.73. The Kier molecular flexibility index (Phi) is 5.38. The van der Waals surface area contributed by atoms with Crippen molar-refractivity contribution in [3.63, 3.8) is 0 Å². The lowest BCUT2D eigenvalue weighted by atomic mass is 10.1. The summed E-state index contributed by atoms with van der Waals surface area (Å²) in [7, 11) is 0. The van der Waals surface area contributed by atoms with Gasteiger partial charge in [-0.15, -0.1) is 0 Å². The number of rotatable bonds is 6. The summed E-state index contributed by atoms with van der Waals surface area (Å²) in [6.07, 6.45) is -4.67. The number of halogens is 3. The molecule has 2 N–H and O–H groups in total. The van der Waals surface area contributed by atoms with Gasteiger partial charge in [0.1, 0.15) is 0 Å². The Morgan fingerprint density at radius 2 is 2.05 bits per heavy atom. The molecule has 1 rings (SSSR count). The van der Waals surface area contributed by atoms with E-state index in [9.17, 15) is 18.0 Å². The summed E-state index contributed by atoms with van der Waals surface area (Å²) < 4.78 is 43.5. The second-order valence-corrected chi connectivity index (χ2v) is 4.41. The maximum Gasteiger partial charge on any atom is 0.417 e. The van der Waals surface area contributed by atoms with Crippen molar-refractivity contribution in [2.75, 3.05) is 18.5 Å². The van der Waals surface area contributed by atoms with Crippen LogP contribution in [-0.2, 0) is 10.9 Å². The molecule has 0 radical (unpaired) electrons. The minimum atomic E-state index is -4.71. The Hall–Kier alpha value is -1.76. The fourth-order valence-electron chi connectivity index (χ4n) is 1.57. The number of carboxylic acids is 1. The minimum absolute atomic E-state index is 0.0388. The molecule has 0 aliphatic rings. The van der Waals surface area contributed by atoms with E-state index in [-0.39, 0.29) is 11.8 Å². The van der Waals surface area contributed by atoms with Crippen LogP contribution in [-0.4, -0.2) is 30.3 Å². The van der Waals surface area contributed by atoms with E-state index in [2.05, 4.69) is 5.32 Å². The highest BCUT2D eigenvalue weighted by atomic mass is 19.4. The minimum Gasteiger partial charge on any atom is -0.478 e. The second kappa shape index (κ2) is 6.60. The van der Waals surface area contributed by atoms with Crippen molar-refractivity contribution >= 4 is 11.7 Å². The summed E-state index contributed by atoms with van der Waals surface area (Å²) in [6.45, 7) is 4.38. The van der Waals surface area contributed by atoms with Crippen LogP contribution in [0.5, 0.6) is 0 Å². The van der Waals surface area contributed by atoms with Crippen molar-refractivity contribution < 1.29 is 27.8 Å². The third-order valence-electron chi connectivity index (χ3n) is 2.44. The quantitative estimate of drug-likeness (QED) is 0.790. The largest absolute Gasteiger partial charge is 0.478 e. The molecule has 0 fully saturated rings. The van der Waals surface area contributed by atoms with E-state index < -0.39 is 23.3 Å². The Labute approximate surface area is 114 Å². The maximum absolute atomic E-state index is 12.8. The van der Waals surface area contributed by atoms with E-state index in [1.54, 1.807) is 0 Å². The van der Waals surface area contributed by atoms with Crippen molar-refractivity contribution in [1.82, 2.24) is 0 Å². The van der Waals surface area contributed by atoms with Gasteiger partial charge in [0, 0.05) is 12.2 Å². The van der Waals surface area contributed by atoms with E-state index >= 15 is 0 Å². The molecule has 0 bridgehead atoms. The molecule has 0 unspecified atom stereocenters. The number of hydrogen-bond acceptors (Lipinski definition) is 3. The molecule has 0 aliphatic carbocycles. The van der Waals surface area contributed by atoms with Crippen molar-refractivity contribution in [1.29, 1.82) is 0 Å². The molecule has 1 aromatic carbocycles. The van der Waals surface area contributed by atoms with Crippen LogP contribution in [0.2, 0.25) is 0 Å². The van der Waals surface area contributed by atoms with Crippen LogP contribution in [0.4, 0.5) is 18.9 Å². The van der Waals surface area contributed by atoms with Crippen LogP contribution in [0.25, 0.3) is 0 Å². The number of carboxylic acid groups (broad SMARTS) is 1. The highest BCUT2D eigenvalue weighted by Crippen LogP contribution is 2.33. The van der Waals surface area contributed by atoms with Crippen LogP contribution >= 0.6 is 0 Å². The average molecular weight is 291 g/mol. The average Bonchev–Trinajstić information content (AvgIpc) is 2.33. The highest BCUT2D eigenvalue weighted by Gasteiger charge is 2.35. The van der Waals surface area contributed by atoms with Gasteiger partial charge in [-0.1, -0.05) is 0 Å². The fraction of sp³-hybridized carbons (Fsp3) is 0.462. The molecule has 0 aromatic heterocycles. The molecule has 112 valence electrons. The zero-order valence-electron chi connectivity index (χ0n) is 11.1. The monoisotopic (exact) mass is 291 g/mol. The lowest BCUT2D eigenvalue weighted by Crippen LogP contribution is -2.16. The Balaban J connectivity index is 2.83. The first-order chi connectivity index (χ1) is 9.21. The molecule has 1 aromatic rings. The molecule has 0 heterocycles. The fourth-order valence-corrected chi connectivity index (χ4v) is 1.57. The number of hydrogen-bond donors (Lipinski definition) is 2. The van der Waals surface area contributed by atoms with Gasteiger partial charge in [-0.3, -0.25) is 0 Å². The van der Waals surface area contributed by atoms with Crippen molar-refractivity contribution in [2.45, 2.75) is 26.1 Å². The molecule has 4 nitrogen and oxygen atoms in total. The van der Waals surface area contributed by atoms with Crippen molar-refractivity contribution in [2.24, 2.45) is 0 Å². The van der Waals surface area contributed by atoms with Crippen LogP contribution in [0.3, 0.4) is 0 Å². The summed E-state index contributed by atoms with van der Waals surface area (Å²) in [6, 6.07) is 3.03. The van der Waals surface area contributed by atoms with E-state index in [1.807, 2.05) is 13.8 Å². The predicted octanol–water partition coefficient (Wildman–Crippen LogP) is 3.24. The molecule has 0 saturated heterocycles. The van der Waals surface area contributed by atoms with Gasteiger partial charge in [0.15, 0.2) is 0 Å².